The average Bonchev–Trinajstić information content (AvgIpc) is 3.34. The third kappa shape index (κ3) is 3.01. The van der Waals surface area contributed by atoms with E-state index in [-0.39, 0.29) is 0 Å². The van der Waals surface area contributed by atoms with Gasteiger partial charge in [-0.25, -0.2) is 4.98 Å². The van der Waals surface area contributed by atoms with Gasteiger partial charge >= 0.3 is 0 Å². The Bertz CT molecular complexity index is 445. The molecule has 2 aliphatic carbocycles. The number of hydrogen-bond acceptors (Lipinski definition) is 4. The van der Waals surface area contributed by atoms with Crippen molar-refractivity contribution in [2.24, 2.45) is 0 Å². The Morgan fingerprint density at radius 2 is 2.11 bits per heavy atom. The molecule has 2 heterocycles. The van der Waals surface area contributed by atoms with Gasteiger partial charge in [0.25, 0.3) is 0 Å². The summed E-state index contributed by atoms with van der Waals surface area (Å²) in [6.45, 7) is 1.99. The van der Waals surface area contributed by atoms with Crippen LogP contribution < -0.4 is 5.32 Å². The zero-order valence-corrected chi connectivity index (χ0v) is 12.2. The first-order chi connectivity index (χ1) is 9.38. The number of nitrogens with zero attached hydrogens (tertiary/aromatic N) is 1. The fraction of sp³-hybridized carbons (Fsp3) is 0.800. The molecule has 0 radical (unpaired) electrons. The van der Waals surface area contributed by atoms with Crippen LogP contribution in [0.3, 0.4) is 0 Å². The molecule has 1 atom stereocenters. The van der Waals surface area contributed by atoms with Gasteiger partial charge in [0.15, 0.2) is 0 Å². The maximum Gasteiger partial charge on any atom is 0.0957 e. The number of thiazole rings is 1. The van der Waals surface area contributed by atoms with Crippen LogP contribution in [0, 0.1) is 0 Å². The number of ether oxygens (including phenoxy) is 1. The second kappa shape index (κ2) is 5.15. The summed E-state index contributed by atoms with van der Waals surface area (Å²) in [5.41, 5.74) is 1.41. The predicted molar refractivity (Wildman–Crippen MR) is 76.6 cm³/mol. The molecule has 4 heteroatoms. The van der Waals surface area contributed by atoms with Crippen molar-refractivity contribution in [2.75, 3.05) is 6.61 Å². The fourth-order valence-electron chi connectivity index (χ4n) is 2.83. The highest BCUT2D eigenvalue weighted by Crippen LogP contribution is 2.43. The summed E-state index contributed by atoms with van der Waals surface area (Å²) in [5.74, 6) is 0.769. The van der Waals surface area contributed by atoms with Crippen LogP contribution in [0.2, 0.25) is 0 Å². The molecule has 1 N–H and O–H groups in total. The van der Waals surface area contributed by atoms with E-state index in [2.05, 4.69) is 5.32 Å². The molecule has 1 saturated heterocycles. The molecule has 19 heavy (non-hydrogen) atoms. The van der Waals surface area contributed by atoms with Gasteiger partial charge in [-0.2, -0.15) is 0 Å². The number of aromatic nitrogens is 1. The van der Waals surface area contributed by atoms with Crippen molar-refractivity contribution in [3.8, 4) is 0 Å². The maximum atomic E-state index is 5.74. The second-order valence-electron chi connectivity index (χ2n) is 6.18. The monoisotopic (exact) mass is 278 g/mol. The van der Waals surface area contributed by atoms with Crippen LogP contribution in [-0.2, 0) is 17.7 Å². The number of rotatable bonds is 6. The van der Waals surface area contributed by atoms with Gasteiger partial charge in [-0.3, -0.25) is 0 Å². The summed E-state index contributed by atoms with van der Waals surface area (Å²) < 4.78 is 5.74. The largest absolute Gasteiger partial charge is 0.378 e. The molecule has 3 aliphatic rings. The third-order valence-electron chi connectivity index (χ3n) is 4.29. The molecule has 3 nitrogen and oxygen atoms in total. The molecule has 3 fully saturated rings. The van der Waals surface area contributed by atoms with Crippen LogP contribution in [-0.4, -0.2) is 23.7 Å². The van der Waals surface area contributed by atoms with E-state index < -0.39 is 0 Å². The lowest BCUT2D eigenvalue weighted by atomic mass is 10.2. The van der Waals surface area contributed by atoms with E-state index in [0.717, 1.165) is 31.5 Å². The van der Waals surface area contributed by atoms with Crippen LogP contribution in [0.4, 0.5) is 0 Å². The lowest BCUT2D eigenvalue weighted by Gasteiger charge is -2.05. The molecular weight excluding hydrogens is 256 g/mol. The van der Waals surface area contributed by atoms with Gasteiger partial charge in [0.1, 0.15) is 0 Å². The van der Waals surface area contributed by atoms with Gasteiger partial charge in [-0.1, -0.05) is 0 Å². The van der Waals surface area contributed by atoms with Gasteiger partial charge in [0, 0.05) is 36.4 Å². The van der Waals surface area contributed by atoms with Crippen molar-refractivity contribution in [1.29, 1.82) is 0 Å². The molecule has 1 aromatic heterocycles. The summed E-state index contributed by atoms with van der Waals surface area (Å²) in [6.07, 6.45) is 9.32. The van der Waals surface area contributed by atoms with Crippen LogP contribution in [0.5, 0.6) is 0 Å². The van der Waals surface area contributed by atoms with Crippen molar-refractivity contribution in [3.05, 3.63) is 15.6 Å². The molecule has 1 aliphatic heterocycles. The van der Waals surface area contributed by atoms with Gasteiger partial charge < -0.3 is 10.1 Å². The highest BCUT2D eigenvalue weighted by Gasteiger charge is 2.31. The smallest absolute Gasteiger partial charge is 0.0957 e. The summed E-state index contributed by atoms with van der Waals surface area (Å²) in [5, 5.41) is 4.95. The molecule has 104 valence electrons. The molecular formula is C15H22N2OS. The topological polar surface area (TPSA) is 34.1 Å². The molecule has 1 unspecified atom stereocenters. The molecule has 1 aromatic rings. The highest BCUT2D eigenvalue weighted by molar-refractivity contribution is 7.11. The maximum absolute atomic E-state index is 5.74. The first-order valence-electron chi connectivity index (χ1n) is 7.72. The fourth-order valence-corrected chi connectivity index (χ4v) is 4.00. The zero-order valence-electron chi connectivity index (χ0n) is 11.4. The van der Waals surface area contributed by atoms with E-state index in [0.29, 0.717) is 6.10 Å². The van der Waals surface area contributed by atoms with Crippen LogP contribution in [0.1, 0.15) is 60.0 Å². The normalized spacial score (nSPS) is 27.1. The summed E-state index contributed by atoms with van der Waals surface area (Å²) in [6, 6.07) is 0.788. The van der Waals surface area contributed by atoms with E-state index in [1.54, 1.807) is 0 Å². The Hall–Kier alpha value is -0.450. The van der Waals surface area contributed by atoms with Crippen LogP contribution in [0.15, 0.2) is 0 Å². The van der Waals surface area contributed by atoms with Gasteiger partial charge in [0.05, 0.1) is 16.8 Å². The van der Waals surface area contributed by atoms with Crippen LogP contribution in [0.25, 0.3) is 0 Å². The predicted octanol–water partition coefficient (Wildman–Crippen LogP) is 2.99. The highest BCUT2D eigenvalue weighted by atomic mass is 32.1. The molecule has 0 spiro atoms. The minimum absolute atomic E-state index is 0.433. The van der Waals surface area contributed by atoms with Crippen molar-refractivity contribution < 1.29 is 4.74 Å². The van der Waals surface area contributed by atoms with Crippen molar-refractivity contribution in [2.45, 2.75) is 69.6 Å². The second-order valence-corrected chi connectivity index (χ2v) is 7.35. The molecule has 0 bridgehead atoms. The van der Waals surface area contributed by atoms with Crippen molar-refractivity contribution >= 4 is 11.3 Å². The van der Waals surface area contributed by atoms with E-state index in [1.165, 1.54) is 54.1 Å². The summed E-state index contributed by atoms with van der Waals surface area (Å²) in [4.78, 5) is 6.43. The SMILES string of the molecule is C1COC(Cc2nc(C3CC3)c(CNC3CC3)s2)C1. The number of hydrogen-bond donors (Lipinski definition) is 1. The Morgan fingerprint density at radius 1 is 1.21 bits per heavy atom. The lowest BCUT2D eigenvalue weighted by molar-refractivity contribution is 0.111. The zero-order chi connectivity index (χ0) is 12.7. The minimum atomic E-state index is 0.433. The minimum Gasteiger partial charge on any atom is -0.378 e. The Kier molecular flexibility index (Phi) is 3.34. The summed E-state index contributed by atoms with van der Waals surface area (Å²) in [7, 11) is 0. The first kappa shape index (κ1) is 12.3. The van der Waals surface area contributed by atoms with Crippen molar-refractivity contribution in [1.82, 2.24) is 10.3 Å². The third-order valence-corrected chi connectivity index (χ3v) is 5.38. The Labute approximate surface area is 118 Å². The van der Waals surface area contributed by atoms with Crippen molar-refractivity contribution in [3.63, 3.8) is 0 Å². The number of nitrogens with one attached hydrogen (secondary N) is 1. The molecule has 0 aromatic carbocycles. The van der Waals surface area contributed by atoms with Gasteiger partial charge in [0.2, 0.25) is 0 Å². The Morgan fingerprint density at radius 3 is 2.79 bits per heavy atom. The summed E-state index contributed by atoms with van der Waals surface area (Å²) >= 11 is 1.93. The lowest BCUT2D eigenvalue weighted by Crippen LogP contribution is -2.15. The standard InChI is InChI=1S/C15H22N2OS/c1-2-12(18-7-1)8-14-17-15(10-3-4-10)13(19-14)9-16-11-5-6-11/h10-12,16H,1-9H2. The van der Waals surface area contributed by atoms with E-state index in [4.69, 9.17) is 9.72 Å². The van der Waals surface area contributed by atoms with Gasteiger partial charge in [-0.15, -0.1) is 11.3 Å². The molecule has 4 rings (SSSR count). The first-order valence-corrected chi connectivity index (χ1v) is 8.53. The van der Waals surface area contributed by atoms with E-state index in [9.17, 15) is 0 Å². The van der Waals surface area contributed by atoms with Gasteiger partial charge in [-0.05, 0) is 38.5 Å². The molecule has 2 saturated carbocycles. The Balaban J connectivity index is 1.45. The molecule has 0 amide bonds. The van der Waals surface area contributed by atoms with E-state index in [1.807, 2.05) is 11.3 Å². The van der Waals surface area contributed by atoms with Crippen LogP contribution >= 0.6 is 11.3 Å². The average molecular weight is 278 g/mol. The van der Waals surface area contributed by atoms with E-state index >= 15 is 0 Å². The quantitative estimate of drug-likeness (QED) is 0.868.